The summed E-state index contributed by atoms with van der Waals surface area (Å²) in [5.41, 5.74) is 5.24. The van der Waals surface area contributed by atoms with Crippen molar-refractivity contribution in [2.45, 2.75) is 12.1 Å². The van der Waals surface area contributed by atoms with Gasteiger partial charge in [0.1, 0.15) is 5.92 Å². The van der Waals surface area contributed by atoms with E-state index >= 15 is 0 Å². The second kappa shape index (κ2) is 8.04. The monoisotopic (exact) mass is 404 g/mol. The second-order valence-corrected chi connectivity index (χ2v) is 6.20. The molecule has 0 bridgehead atoms. The molecule has 0 amide bonds. The van der Waals surface area contributed by atoms with Gasteiger partial charge in [-0.1, -0.05) is 17.7 Å². The lowest BCUT2D eigenvalue weighted by Gasteiger charge is -2.21. The van der Waals surface area contributed by atoms with Crippen LogP contribution in [0.1, 0.15) is 22.6 Å². The number of hydrogen-bond acceptors (Lipinski definition) is 5. The Labute approximate surface area is 163 Å². The standard InChI is InChI=1S/C18H12ClF3N6/c1-28-9-11(8-27-28)17(26)14(7-25)16(10(5-23)6-24)13-3-2-12(4-15(13)19)18(20,21)22/h2-4,8-10,16H,26H2,1H3/b17-14-. The molecule has 1 aromatic carbocycles. The van der Waals surface area contributed by atoms with E-state index in [2.05, 4.69) is 5.10 Å². The van der Waals surface area contributed by atoms with Gasteiger partial charge in [0.25, 0.3) is 0 Å². The predicted octanol–water partition coefficient (Wildman–Crippen LogP) is 3.73. The molecular formula is C18H12ClF3N6. The van der Waals surface area contributed by atoms with Gasteiger partial charge in [-0.15, -0.1) is 0 Å². The molecule has 0 saturated carbocycles. The Morgan fingerprint density at radius 2 is 1.89 bits per heavy atom. The SMILES string of the molecule is Cn1cc(/C(N)=C(\C#N)C(c2ccc(C(F)(F)F)cc2Cl)C(C#N)C#N)cn1. The number of hydrogen-bond donors (Lipinski definition) is 1. The third-order valence-electron chi connectivity index (χ3n) is 4.01. The van der Waals surface area contributed by atoms with Gasteiger partial charge in [0.05, 0.1) is 47.2 Å². The third-order valence-corrected chi connectivity index (χ3v) is 4.34. The summed E-state index contributed by atoms with van der Waals surface area (Å²) in [7, 11) is 1.63. The largest absolute Gasteiger partial charge is 0.416 e. The van der Waals surface area contributed by atoms with Crippen molar-refractivity contribution in [2.75, 3.05) is 0 Å². The summed E-state index contributed by atoms with van der Waals surface area (Å²) in [6.07, 6.45) is -1.72. The van der Waals surface area contributed by atoms with Gasteiger partial charge in [-0.2, -0.15) is 34.1 Å². The molecule has 0 aliphatic heterocycles. The number of nitriles is 3. The number of rotatable bonds is 4. The van der Waals surface area contributed by atoms with Crippen LogP contribution in [0.5, 0.6) is 0 Å². The summed E-state index contributed by atoms with van der Waals surface area (Å²) < 4.78 is 40.2. The van der Waals surface area contributed by atoms with Crippen LogP contribution in [0.25, 0.3) is 5.70 Å². The lowest BCUT2D eigenvalue weighted by molar-refractivity contribution is -0.137. The highest BCUT2D eigenvalue weighted by Gasteiger charge is 2.35. The fourth-order valence-corrected chi connectivity index (χ4v) is 2.95. The van der Waals surface area contributed by atoms with E-state index in [9.17, 15) is 29.0 Å². The van der Waals surface area contributed by atoms with Gasteiger partial charge >= 0.3 is 6.18 Å². The number of aryl methyl sites for hydroxylation is 1. The van der Waals surface area contributed by atoms with Crippen molar-refractivity contribution in [1.82, 2.24) is 9.78 Å². The molecule has 2 rings (SSSR count). The van der Waals surface area contributed by atoms with Crippen molar-refractivity contribution in [1.29, 1.82) is 15.8 Å². The molecule has 2 N–H and O–H groups in total. The Hall–Kier alpha value is -3.48. The van der Waals surface area contributed by atoms with Crippen LogP contribution in [-0.2, 0) is 13.2 Å². The molecule has 6 nitrogen and oxygen atoms in total. The quantitative estimate of drug-likeness (QED) is 0.779. The van der Waals surface area contributed by atoms with Crippen LogP contribution >= 0.6 is 11.6 Å². The summed E-state index contributed by atoms with van der Waals surface area (Å²) in [6, 6.07) is 7.86. The molecule has 0 aliphatic carbocycles. The molecule has 2 aromatic rings. The number of nitrogens with two attached hydrogens (primary N) is 1. The van der Waals surface area contributed by atoms with Crippen LogP contribution in [-0.4, -0.2) is 9.78 Å². The maximum Gasteiger partial charge on any atom is 0.416 e. The van der Waals surface area contributed by atoms with E-state index in [0.29, 0.717) is 11.6 Å². The molecule has 0 fully saturated rings. The molecule has 142 valence electrons. The first-order chi connectivity index (χ1) is 13.1. The normalized spacial score (nSPS) is 13.2. The zero-order chi connectivity index (χ0) is 21.1. The maximum atomic E-state index is 12.9. The maximum absolute atomic E-state index is 12.9. The minimum atomic E-state index is -4.62. The van der Waals surface area contributed by atoms with Crippen LogP contribution in [0.4, 0.5) is 13.2 Å². The van der Waals surface area contributed by atoms with Crippen molar-refractivity contribution in [3.8, 4) is 18.2 Å². The Morgan fingerprint density at radius 1 is 1.25 bits per heavy atom. The van der Waals surface area contributed by atoms with Crippen molar-refractivity contribution in [2.24, 2.45) is 18.7 Å². The topological polar surface area (TPSA) is 115 Å². The summed E-state index contributed by atoms with van der Waals surface area (Å²) in [5.74, 6) is -2.64. The molecule has 0 radical (unpaired) electrons. The van der Waals surface area contributed by atoms with E-state index in [1.807, 2.05) is 6.07 Å². The smallest absolute Gasteiger partial charge is 0.397 e. The third kappa shape index (κ3) is 4.09. The second-order valence-electron chi connectivity index (χ2n) is 5.79. The highest BCUT2D eigenvalue weighted by atomic mass is 35.5. The molecule has 0 spiro atoms. The molecule has 0 aliphatic rings. The fraction of sp³-hybridized carbons (Fsp3) is 0.222. The van der Waals surface area contributed by atoms with Gasteiger partial charge in [-0.25, -0.2) is 0 Å². The summed E-state index contributed by atoms with van der Waals surface area (Å²) in [4.78, 5) is 0. The van der Waals surface area contributed by atoms with Gasteiger partial charge in [0.15, 0.2) is 0 Å². The molecule has 10 heteroatoms. The Bertz CT molecular complexity index is 1030. The van der Waals surface area contributed by atoms with E-state index in [4.69, 9.17) is 17.3 Å². The summed E-state index contributed by atoms with van der Waals surface area (Å²) >= 11 is 6.04. The molecule has 1 aromatic heterocycles. The molecule has 1 atom stereocenters. The lowest BCUT2D eigenvalue weighted by Crippen LogP contribution is -2.17. The minimum absolute atomic E-state index is 0.0196. The average molecular weight is 405 g/mol. The van der Waals surface area contributed by atoms with Crippen LogP contribution in [0.15, 0.2) is 36.2 Å². The molecule has 1 heterocycles. The highest BCUT2D eigenvalue weighted by Crippen LogP contribution is 2.40. The fourth-order valence-electron chi connectivity index (χ4n) is 2.65. The Morgan fingerprint density at radius 3 is 2.32 bits per heavy atom. The average Bonchev–Trinajstić information content (AvgIpc) is 3.07. The number of alkyl halides is 3. The molecule has 1 unspecified atom stereocenters. The van der Waals surface area contributed by atoms with E-state index in [1.54, 1.807) is 19.2 Å². The van der Waals surface area contributed by atoms with E-state index in [1.165, 1.54) is 17.1 Å². The minimum Gasteiger partial charge on any atom is -0.397 e. The van der Waals surface area contributed by atoms with E-state index < -0.39 is 23.6 Å². The van der Waals surface area contributed by atoms with E-state index in [0.717, 1.165) is 12.1 Å². The number of allylic oxidation sites excluding steroid dienone is 1. The predicted molar refractivity (Wildman–Crippen MR) is 93.8 cm³/mol. The number of benzene rings is 1. The number of halogens is 4. The summed E-state index contributed by atoms with van der Waals surface area (Å²) in [6.45, 7) is 0. The van der Waals surface area contributed by atoms with E-state index in [-0.39, 0.29) is 21.9 Å². The molecular weight excluding hydrogens is 393 g/mol. The van der Waals surface area contributed by atoms with Crippen molar-refractivity contribution in [3.63, 3.8) is 0 Å². The van der Waals surface area contributed by atoms with Crippen molar-refractivity contribution in [3.05, 3.63) is 57.9 Å². The van der Waals surface area contributed by atoms with Gasteiger partial charge in [0.2, 0.25) is 0 Å². The van der Waals surface area contributed by atoms with Gasteiger partial charge < -0.3 is 5.73 Å². The first kappa shape index (κ1) is 20.8. The van der Waals surface area contributed by atoms with Crippen LogP contribution in [0, 0.1) is 39.9 Å². The summed E-state index contributed by atoms with van der Waals surface area (Å²) in [5, 5.41) is 32.0. The van der Waals surface area contributed by atoms with Gasteiger partial charge in [0, 0.05) is 23.8 Å². The molecule has 0 saturated heterocycles. The van der Waals surface area contributed by atoms with Crippen LogP contribution < -0.4 is 5.73 Å². The van der Waals surface area contributed by atoms with Gasteiger partial charge in [-0.05, 0) is 17.7 Å². The van der Waals surface area contributed by atoms with Gasteiger partial charge in [-0.3, -0.25) is 4.68 Å². The first-order valence-electron chi connectivity index (χ1n) is 7.68. The van der Waals surface area contributed by atoms with Crippen molar-refractivity contribution < 1.29 is 13.2 Å². The van der Waals surface area contributed by atoms with Crippen molar-refractivity contribution >= 4 is 17.3 Å². The zero-order valence-electron chi connectivity index (χ0n) is 14.4. The van der Waals surface area contributed by atoms with Crippen LogP contribution in [0.3, 0.4) is 0 Å². The van der Waals surface area contributed by atoms with Crippen LogP contribution in [0.2, 0.25) is 5.02 Å². The number of aromatic nitrogens is 2. The Balaban J connectivity index is 2.72. The first-order valence-corrected chi connectivity index (χ1v) is 8.06. The Kier molecular flexibility index (Phi) is 5.98. The zero-order valence-corrected chi connectivity index (χ0v) is 15.1. The molecule has 28 heavy (non-hydrogen) atoms. The number of nitrogens with zero attached hydrogens (tertiary/aromatic N) is 5. The highest BCUT2D eigenvalue weighted by molar-refractivity contribution is 6.31. The lowest BCUT2D eigenvalue weighted by atomic mass is 9.80.